The lowest BCUT2D eigenvalue weighted by Crippen LogP contribution is -2.47. The topological polar surface area (TPSA) is 133 Å². The standard InChI is InChI=1S/C25H22N2O8/c1-3-33-24(30)20-18(26-25(31)27-21(20)14-8-10-16(32-2)11-9-14)13-34-22(28)17-12-15-6-4-5-7-19(15)35-23(17)29/h4-12,21H,3,13H2,1-2H3,(H2,26,27,31)/t21-/m0/s1. The van der Waals surface area contributed by atoms with Gasteiger partial charge < -0.3 is 29.3 Å². The molecule has 0 fully saturated rings. The summed E-state index contributed by atoms with van der Waals surface area (Å²) in [7, 11) is 1.52. The number of nitrogens with one attached hydrogen (secondary N) is 2. The lowest BCUT2D eigenvalue weighted by molar-refractivity contribution is -0.139. The van der Waals surface area contributed by atoms with E-state index in [1.165, 1.54) is 13.2 Å². The number of rotatable bonds is 7. The number of esters is 2. The van der Waals surface area contributed by atoms with E-state index in [1.807, 2.05) is 0 Å². The summed E-state index contributed by atoms with van der Waals surface area (Å²) >= 11 is 0. The minimum Gasteiger partial charge on any atom is -0.497 e. The zero-order chi connectivity index (χ0) is 24.9. The van der Waals surface area contributed by atoms with Gasteiger partial charge in [-0.2, -0.15) is 0 Å². The summed E-state index contributed by atoms with van der Waals surface area (Å²) in [6.07, 6.45) is 0. The average molecular weight is 478 g/mol. The van der Waals surface area contributed by atoms with Crippen LogP contribution in [0.5, 0.6) is 5.75 Å². The summed E-state index contributed by atoms with van der Waals surface area (Å²) < 4.78 is 20.8. The van der Waals surface area contributed by atoms with Gasteiger partial charge in [0.1, 0.15) is 23.5 Å². The predicted molar refractivity (Wildman–Crippen MR) is 124 cm³/mol. The molecular formula is C25H22N2O8. The molecule has 0 saturated heterocycles. The highest BCUT2D eigenvalue weighted by molar-refractivity contribution is 5.96. The molecule has 2 N–H and O–H groups in total. The third-order valence-corrected chi connectivity index (χ3v) is 5.31. The van der Waals surface area contributed by atoms with E-state index in [2.05, 4.69) is 10.6 Å². The van der Waals surface area contributed by atoms with E-state index in [0.717, 1.165) is 0 Å². The van der Waals surface area contributed by atoms with Gasteiger partial charge in [-0.3, -0.25) is 0 Å². The van der Waals surface area contributed by atoms with Gasteiger partial charge in [-0.05, 0) is 36.8 Å². The smallest absolute Gasteiger partial charge is 0.351 e. The maximum absolute atomic E-state index is 12.8. The number of fused-ring (bicyclic) bond motifs is 1. The maximum Gasteiger partial charge on any atom is 0.351 e. The molecule has 1 atom stereocenters. The molecule has 2 amide bonds. The van der Waals surface area contributed by atoms with E-state index in [0.29, 0.717) is 22.3 Å². The first-order chi connectivity index (χ1) is 16.9. The Bertz CT molecular complexity index is 1370. The molecular weight excluding hydrogens is 456 g/mol. The summed E-state index contributed by atoms with van der Waals surface area (Å²) in [5.74, 6) is -1.06. The molecule has 0 unspecified atom stereocenters. The number of carbonyl (C=O) groups is 3. The molecule has 2 heterocycles. The van der Waals surface area contributed by atoms with Gasteiger partial charge in [0, 0.05) is 5.39 Å². The van der Waals surface area contributed by atoms with Gasteiger partial charge in [0.2, 0.25) is 0 Å². The second-order valence-electron chi connectivity index (χ2n) is 7.48. The second kappa shape index (κ2) is 10.1. The van der Waals surface area contributed by atoms with Crippen molar-refractivity contribution < 1.29 is 33.0 Å². The highest BCUT2D eigenvalue weighted by Crippen LogP contribution is 2.29. The third kappa shape index (κ3) is 5.01. The monoisotopic (exact) mass is 478 g/mol. The number of amides is 2. The zero-order valence-electron chi connectivity index (χ0n) is 19.0. The van der Waals surface area contributed by atoms with Crippen molar-refractivity contribution in [3.8, 4) is 5.75 Å². The van der Waals surface area contributed by atoms with Crippen LogP contribution >= 0.6 is 0 Å². The van der Waals surface area contributed by atoms with Crippen LogP contribution in [0.25, 0.3) is 11.0 Å². The Hall–Kier alpha value is -4.60. The molecule has 0 spiro atoms. The van der Waals surface area contributed by atoms with Crippen molar-refractivity contribution in [2.24, 2.45) is 0 Å². The van der Waals surface area contributed by atoms with Gasteiger partial charge in [0.05, 0.1) is 31.0 Å². The molecule has 4 rings (SSSR count). The Kier molecular flexibility index (Phi) is 6.81. The van der Waals surface area contributed by atoms with Crippen LogP contribution in [0, 0.1) is 0 Å². The van der Waals surface area contributed by atoms with Crippen LogP contribution in [0.3, 0.4) is 0 Å². The van der Waals surface area contributed by atoms with E-state index in [-0.39, 0.29) is 23.4 Å². The minimum absolute atomic E-state index is 0.0338. The van der Waals surface area contributed by atoms with Crippen molar-refractivity contribution in [3.05, 3.63) is 87.4 Å². The number of methoxy groups -OCH3 is 1. The van der Waals surface area contributed by atoms with E-state index in [9.17, 15) is 19.2 Å². The van der Waals surface area contributed by atoms with Gasteiger partial charge in [-0.1, -0.05) is 30.3 Å². The van der Waals surface area contributed by atoms with Crippen LogP contribution < -0.4 is 21.0 Å². The van der Waals surface area contributed by atoms with Crippen molar-refractivity contribution in [1.29, 1.82) is 0 Å². The van der Waals surface area contributed by atoms with Crippen molar-refractivity contribution in [1.82, 2.24) is 10.6 Å². The fourth-order valence-electron chi connectivity index (χ4n) is 3.65. The van der Waals surface area contributed by atoms with E-state index >= 15 is 0 Å². The highest BCUT2D eigenvalue weighted by Gasteiger charge is 2.34. The van der Waals surface area contributed by atoms with Crippen LogP contribution in [-0.4, -0.2) is 38.3 Å². The number of benzene rings is 2. The first-order valence-electron chi connectivity index (χ1n) is 10.7. The first-order valence-corrected chi connectivity index (χ1v) is 10.7. The first kappa shape index (κ1) is 23.6. The summed E-state index contributed by atoms with van der Waals surface area (Å²) in [6.45, 7) is 1.25. The largest absolute Gasteiger partial charge is 0.497 e. The van der Waals surface area contributed by atoms with E-state index < -0.39 is 36.2 Å². The molecule has 1 aliphatic heterocycles. The van der Waals surface area contributed by atoms with Crippen LogP contribution in [0.2, 0.25) is 0 Å². The Labute approximate surface area is 199 Å². The maximum atomic E-state index is 12.8. The fourth-order valence-corrected chi connectivity index (χ4v) is 3.65. The van der Waals surface area contributed by atoms with Gasteiger partial charge in [-0.15, -0.1) is 0 Å². The molecule has 10 heteroatoms. The van der Waals surface area contributed by atoms with Crippen LogP contribution in [0.4, 0.5) is 4.79 Å². The van der Waals surface area contributed by atoms with Crippen LogP contribution in [0.1, 0.15) is 28.9 Å². The normalized spacial score (nSPS) is 15.3. The minimum atomic E-state index is -0.964. The molecule has 2 aromatic carbocycles. The average Bonchev–Trinajstić information content (AvgIpc) is 2.86. The summed E-state index contributed by atoms with van der Waals surface area (Å²) in [4.78, 5) is 50.2. The summed E-state index contributed by atoms with van der Waals surface area (Å²) in [5, 5.41) is 5.73. The van der Waals surface area contributed by atoms with Crippen molar-refractivity contribution in [3.63, 3.8) is 0 Å². The van der Waals surface area contributed by atoms with Crippen LogP contribution in [-0.2, 0) is 14.3 Å². The van der Waals surface area contributed by atoms with Gasteiger partial charge in [-0.25, -0.2) is 19.2 Å². The fraction of sp³-hybridized carbons (Fsp3) is 0.200. The zero-order valence-corrected chi connectivity index (χ0v) is 19.0. The molecule has 35 heavy (non-hydrogen) atoms. The quantitative estimate of drug-likeness (QED) is 0.391. The Balaban J connectivity index is 1.65. The van der Waals surface area contributed by atoms with E-state index in [4.69, 9.17) is 18.6 Å². The van der Waals surface area contributed by atoms with Gasteiger partial charge in [0.25, 0.3) is 0 Å². The lowest BCUT2D eigenvalue weighted by atomic mass is 9.95. The number of urea groups is 1. The third-order valence-electron chi connectivity index (χ3n) is 5.31. The van der Waals surface area contributed by atoms with Gasteiger partial charge in [0.15, 0.2) is 0 Å². The molecule has 3 aromatic rings. The van der Waals surface area contributed by atoms with Crippen molar-refractivity contribution in [2.75, 3.05) is 20.3 Å². The van der Waals surface area contributed by atoms with Crippen molar-refractivity contribution >= 4 is 28.9 Å². The Morgan fingerprint density at radius 2 is 1.74 bits per heavy atom. The summed E-state index contributed by atoms with van der Waals surface area (Å²) in [6, 6.07) is 13.4. The molecule has 0 aliphatic carbocycles. The molecule has 10 nitrogen and oxygen atoms in total. The number of para-hydroxylation sites is 1. The molecule has 1 aliphatic rings. The highest BCUT2D eigenvalue weighted by atomic mass is 16.5. The molecule has 0 saturated carbocycles. The molecule has 180 valence electrons. The number of ether oxygens (including phenoxy) is 3. The molecule has 0 bridgehead atoms. The second-order valence-corrected chi connectivity index (χ2v) is 7.48. The number of hydrogen-bond donors (Lipinski definition) is 2. The van der Waals surface area contributed by atoms with E-state index in [1.54, 1.807) is 55.5 Å². The van der Waals surface area contributed by atoms with Crippen LogP contribution in [0.15, 0.2) is 75.1 Å². The number of carbonyl (C=O) groups excluding carboxylic acids is 3. The summed E-state index contributed by atoms with van der Waals surface area (Å²) in [5.41, 5.74) is -0.161. The van der Waals surface area contributed by atoms with Crippen molar-refractivity contribution in [2.45, 2.75) is 13.0 Å². The predicted octanol–water partition coefficient (Wildman–Crippen LogP) is 2.83. The lowest BCUT2D eigenvalue weighted by Gasteiger charge is -2.29. The molecule has 1 aromatic heterocycles. The molecule has 0 radical (unpaired) electrons. The Morgan fingerprint density at radius 1 is 1.00 bits per heavy atom. The number of hydrogen-bond acceptors (Lipinski definition) is 8. The SMILES string of the molecule is CCOC(=O)C1=C(COC(=O)c2cc3ccccc3oc2=O)NC(=O)N[C@H]1c1ccc(OC)cc1. The Morgan fingerprint density at radius 3 is 2.46 bits per heavy atom. The van der Waals surface area contributed by atoms with Gasteiger partial charge >= 0.3 is 23.6 Å².